The van der Waals surface area contributed by atoms with Crippen molar-refractivity contribution in [3.05, 3.63) is 23.8 Å². The first-order valence-electron chi connectivity index (χ1n) is 18.9. The second-order valence-electron chi connectivity index (χ2n) is 18.4. The molecule has 0 amide bonds. The zero-order valence-corrected chi connectivity index (χ0v) is 33.1. The van der Waals surface area contributed by atoms with Gasteiger partial charge in [-0.3, -0.25) is 19.2 Å². The molecule has 4 aliphatic carbocycles. The Morgan fingerprint density at radius 2 is 1.57 bits per heavy atom. The van der Waals surface area contributed by atoms with Crippen LogP contribution >= 0.6 is 0 Å². The molecule has 4 fully saturated rings. The van der Waals surface area contributed by atoms with Crippen molar-refractivity contribution in [3.63, 3.8) is 0 Å². The molecule has 15 atom stereocenters. The summed E-state index contributed by atoms with van der Waals surface area (Å²) >= 11 is 0. The summed E-state index contributed by atoms with van der Waals surface area (Å²) in [5.74, 6) is -3.81. The second kappa shape index (κ2) is 14.1. The summed E-state index contributed by atoms with van der Waals surface area (Å²) in [7, 11) is 0. The van der Waals surface area contributed by atoms with Crippen LogP contribution in [0.4, 0.5) is 0 Å². The van der Waals surface area contributed by atoms with Gasteiger partial charge in [0.1, 0.15) is 47.5 Å². The van der Waals surface area contributed by atoms with Gasteiger partial charge in [-0.15, -0.1) is 0 Å². The predicted octanol–water partition coefficient (Wildman–Crippen LogP) is 1.69. The number of rotatable bonds is 9. The van der Waals surface area contributed by atoms with E-state index in [1.807, 2.05) is 34.6 Å². The molecule has 14 nitrogen and oxygen atoms in total. The van der Waals surface area contributed by atoms with Crippen LogP contribution in [-0.2, 0) is 38.1 Å². The molecule has 0 aromatic heterocycles. The van der Waals surface area contributed by atoms with Crippen molar-refractivity contribution >= 4 is 23.5 Å². The Morgan fingerprint density at radius 1 is 0.944 bits per heavy atom. The third kappa shape index (κ3) is 6.61. The molecule has 54 heavy (non-hydrogen) atoms. The van der Waals surface area contributed by atoms with Gasteiger partial charge in [-0.2, -0.15) is 0 Å². The predicted molar refractivity (Wildman–Crippen MR) is 191 cm³/mol. The average Bonchev–Trinajstić information content (AvgIpc) is 3.27. The number of ether oxygens (including phenoxy) is 4. The maximum atomic E-state index is 15.0. The summed E-state index contributed by atoms with van der Waals surface area (Å²) in [6.07, 6.45) is -5.36. The highest BCUT2D eigenvalue weighted by Crippen LogP contribution is 2.74. The van der Waals surface area contributed by atoms with Gasteiger partial charge in [0.25, 0.3) is 0 Å². The van der Waals surface area contributed by atoms with E-state index in [1.54, 1.807) is 13.8 Å². The summed E-state index contributed by atoms with van der Waals surface area (Å²) in [6, 6.07) is 0. The zero-order chi connectivity index (χ0) is 40.7. The summed E-state index contributed by atoms with van der Waals surface area (Å²) in [6.45, 7) is 16.0. The first-order chi connectivity index (χ1) is 24.7. The number of aliphatic hydroxyl groups excluding tert-OH is 5. The third-order valence-electron chi connectivity index (χ3n) is 14.2. The van der Waals surface area contributed by atoms with E-state index in [1.165, 1.54) is 32.9 Å². The number of ketones is 2. The maximum absolute atomic E-state index is 15.0. The van der Waals surface area contributed by atoms with Crippen LogP contribution in [0.1, 0.15) is 94.9 Å². The van der Waals surface area contributed by atoms with E-state index in [2.05, 4.69) is 6.08 Å². The van der Waals surface area contributed by atoms with Gasteiger partial charge in [-0.05, 0) is 74.9 Å². The first-order valence-corrected chi connectivity index (χ1v) is 18.9. The van der Waals surface area contributed by atoms with Crippen molar-refractivity contribution in [1.29, 1.82) is 0 Å². The molecule has 6 N–H and O–H groups in total. The second-order valence-corrected chi connectivity index (χ2v) is 18.4. The van der Waals surface area contributed by atoms with Crippen molar-refractivity contribution in [3.8, 4) is 0 Å². The Hall–Kier alpha value is -2.56. The fraction of sp³-hybridized carbons (Fsp3) is 0.800. The molecule has 0 aromatic rings. The number of carbonyl (C=O) groups excluding carboxylic acids is 4. The van der Waals surface area contributed by atoms with Gasteiger partial charge in [0, 0.05) is 37.0 Å². The third-order valence-corrected chi connectivity index (χ3v) is 14.2. The lowest BCUT2D eigenvalue weighted by atomic mass is 9.38. The summed E-state index contributed by atoms with van der Waals surface area (Å²) < 4.78 is 23.0. The molecular weight excluding hydrogens is 704 g/mol. The van der Waals surface area contributed by atoms with E-state index in [9.17, 15) is 45.0 Å². The number of esters is 2. The molecular formula is C40H60O14. The van der Waals surface area contributed by atoms with Gasteiger partial charge in [-0.25, -0.2) is 0 Å². The highest BCUT2D eigenvalue weighted by atomic mass is 16.7. The maximum Gasteiger partial charge on any atom is 0.303 e. The largest absolute Gasteiger partial charge is 0.462 e. The molecule has 1 aliphatic heterocycles. The molecule has 5 rings (SSSR count). The van der Waals surface area contributed by atoms with Gasteiger partial charge in [-0.1, -0.05) is 46.3 Å². The molecule has 1 unspecified atom stereocenters. The van der Waals surface area contributed by atoms with E-state index in [0.29, 0.717) is 6.42 Å². The molecule has 3 saturated carbocycles. The van der Waals surface area contributed by atoms with Gasteiger partial charge >= 0.3 is 11.9 Å². The minimum atomic E-state index is -2.11. The normalized spacial score (nSPS) is 44.3. The van der Waals surface area contributed by atoms with Crippen molar-refractivity contribution in [2.24, 2.45) is 39.4 Å². The molecule has 1 heterocycles. The Morgan fingerprint density at radius 3 is 2.15 bits per heavy atom. The summed E-state index contributed by atoms with van der Waals surface area (Å²) in [5, 5.41) is 65.2. The van der Waals surface area contributed by atoms with Crippen LogP contribution < -0.4 is 0 Å². The number of allylic oxidation sites excluding steroid dienone is 1. The highest BCUT2D eigenvalue weighted by molar-refractivity contribution is 5.97. The first kappa shape index (κ1) is 42.6. The van der Waals surface area contributed by atoms with Gasteiger partial charge < -0.3 is 49.6 Å². The molecule has 0 spiro atoms. The van der Waals surface area contributed by atoms with Crippen LogP contribution in [-0.4, -0.2) is 121 Å². The lowest BCUT2D eigenvalue weighted by Crippen LogP contribution is -2.66. The molecule has 0 aromatic carbocycles. The van der Waals surface area contributed by atoms with Gasteiger partial charge in [0.05, 0.1) is 18.8 Å². The highest BCUT2D eigenvalue weighted by Gasteiger charge is 2.75. The quantitative estimate of drug-likeness (QED) is 0.112. The number of hydrogen-bond acceptors (Lipinski definition) is 14. The SMILES string of the molecule is CC(=O)O[C@@H]1C[C@@]2(C)[C@@H]3CC=C4[C@@H](C[C@H](O[C@@H]5O[C@H](CO)[C@@H](O)[C@H](O)[C@H]5O)[C@@H](O)C4(C)C)[C@]3(C)C(=O)C[C@]2(C)[C@H]1C(C)(O)C(=O)/C=C/C(C)(C)OC(C)=O. The smallest absolute Gasteiger partial charge is 0.303 e. The van der Waals surface area contributed by atoms with Crippen molar-refractivity contribution < 1.29 is 68.8 Å². The van der Waals surface area contributed by atoms with Crippen molar-refractivity contribution in [2.45, 2.75) is 155 Å². The number of aliphatic hydroxyl groups is 6. The standard InChI is InChI=1S/C40H60O14/c1-19(42)51-24-16-37(7)26-12-11-21-22(15-23(33(49)36(21,5)6)52-34-31(48)30(47)29(46)25(18-41)53-34)39(26,9)28(45)17-38(37,8)32(24)40(10,50)27(44)13-14-35(3,4)54-20(2)43/h11,13-14,22-26,29-34,41,46-50H,12,15-18H2,1-10H3/b14-13+/t22-,23+,24-,25-,26+,29-,30+,31-,32+,33-,34-,37+,38-,39+,40?/m1/s1. The monoisotopic (exact) mass is 764 g/mol. The van der Waals surface area contributed by atoms with E-state index in [4.69, 9.17) is 18.9 Å². The summed E-state index contributed by atoms with van der Waals surface area (Å²) in [5.41, 5.74) is -6.18. The average molecular weight is 765 g/mol. The number of Topliss-reactive ketones (excluding diaryl/α,β-unsaturated/α-hetero) is 1. The van der Waals surface area contributed by atoms with Crippen LogP contribution in [0.25, 0.3) is 0 Å². The van der Waals surface area contributed by atoms with Crippen LogP contribution in [0.5, 0.6) is 0 Å². The van der Waals surface area contributed by atoms with Crippen molar-refractivity contribution in [1.82, 2.24) is 0 Å². The van der Waals surface area contributed by atoms with Crippen LogP contribution in [0.3, 0.4) is 0 Å². The Bertz CT molecular complexity index is 1580. The number of fused-ring (bicyclic) bond motifs is 5. The zero-order valence-electron chi connectivity index (χ0n) is 33.1. The van der Waals surface area contributed by atoms with Crippen molar-refractivity contribution in [2.75, 3.05) is 6.61 Å². The van der Waals surface area contributed by atoms with Crippen LogP contribution in [0, 0.1) is 39.4 Å². The van der Waals surface area contributed by atoms with Gasteiger partial charge in [0.15, 0.2) is 12.1 Å². The van der Waals surface area contributed by atoms with E-state index >= 15 is 4.79 Å². The van der Waals surface area contributed by atoms with E-state index in [-0.39, 0.29) is 31.0 Å². The van der Waals surface area contributed by atoms with E-state index in [0.717, 1.165) is 5.57 Å². The minimum absolute atomic E-state index is 0.0595. The number of carbonyl (C=O) groups is 4. The topological polar surface area (TPSA) is 227 Å². The fourth-order valence-electron chi connectivity index (χ4n) is 11.3. The van der Waals surface area contributed by atoms with Gasteiger partial charge in [0.2, 0.25) is 0 Å². The molecule has 14 heteroatoms. The lowest BCUT2D eigenvalue weighted by molar-refractivity contribution is -0.323. The van der Waals surface area contributed by atoms with Crippen LogP contribution in [0.2, 0.25) is 0 Å². The molecule has 0 bridgehead atoms. The van der Waals surface area contributed by atoms with E-state index < -0.39 is 118 Å². The summed E-state index contributed by atoms with van der Waals surface area (Å²) in [4.78, 5) is 53.2. The molecule has 1 saturated heterocycles. The molecule has 0 radical (unpaired) electrons. The lowest BCUT2D eigenvalue weighted by Gasteiger charge is -2.65. The Labute approximate surface area is 316 Å². The Balaban J connectivity index is 1.53. The molecule has 304 valence electrons. The fourth-order valence-corrected chi connectivity index (χ4v) is 11.3. The van der Waals surface area contributed by atoms with Crippen LogP contribution in [0.15, 0.2) is 23.8 Å². The Kier molecular flexibility index (Phi) is 11.1. The number of hydrogen-bond donors (Lipinski definition) is 6. The molecule has 5 aliphatic rings. The minimum Gasteiger partial charge on any atom is -0.462 e.